The van der Waals surface area contributed by atoms with Gasteiger partial charge in [0.05, 0.1) is 24.4 Å². The molecule has 3 N–H and O–H groups in total. The van der Waals surface area contributed by atoms with Crippen LogP contribution in [0.1, 0.15) is 31.5 Å². The van der Waals surface area contributed by atoms with Crippen molar-refractivity contribution in [3.63, 3.8) is 0 Å². The number of amides is 1. The second-order valence-corrected chi connectivity index (χ2v) is 5.86. The van der Waals surface area contributed by atoms with Crippen LogP contribution in [0.5, 0.6) is 0 Å². The van der Waals surface area contributed by atoms with Crippen LogP contribution in [-0.2, 0) is 14.3 Å². The Hall–Kier alpha value is -1.54. The van der Waals surface area contributed by atoms with Gasteiger partial charge in [-0.15, -0.1) is 0 Å². The molecule has 0 radical (unpaired) electrons. The topological polar surface area (TPSA) is 84.5 Å². The van der Waals surface area contributed by atoms with Crippen molar-refractivity contribution < 1.29 is 14.3 Å². The normalized spacial score (nSPS) is 31.0. The third-order valence-electron chi connectivity index (χ3n) is 4.28. The molecule has 3 rings (SSSR count). The van der Waals surface area contributed by atoms with Crippen LogP contribution in [0.3, 0.4) is 0 Å². The highest BCUT2D eigenvalue weighted by atomic mass is 16.5. The fraction of sp³-hybridized carbons (Fsp3) is 0.625. The molecule has 1 aromatic rings. The van der Waals surface area contributed by atoms with Crippen molar-refractivity contribution >= 4 is 5.91 Å². The van der Waals surface area contributed by atoms with Crippen LogP contribution in [0, 0.1) is 0 Å². The Morgan fingerprint density at radius 2 is 2.39 bits per heavy atom. The van der Waals surface area contributed by atoms with E-state index in [9.17, 15) is 4.79 Å². The first-order valence-electron chi connectivity index (χ1n) is 8.19. The lowest BCUT2D eigenvalue weighted by molar-refractivity contribution is -0.127. The Kier molecular flexibility index (Phi) is 5.56. The lowest BCUT2D eigenvalue weighted by Gasteiger charge is -2.32. The van der Waals surface area contributed by atoms with Crippen LogP contribution in [0.4, 0.5) is 0 Å². The fourth-order valence-electron chi connectivity index (χ4n) is 3.04. The predicted octanol–water partition coefficient (Wildman–Crippen LogP) is 0.299. The summed E-state index contributed by atoms with van der Waals surface area (Å²) < 4.78 is 11.1. The largest absolute Gasteiger partial charge is 0.379 e. The Balaban J connectivity index is 1.54. The number of pyridine rings is 1. The number of carbonyl (C=O) groups excluding carboxylic acids is 1. The Bertz CT molecular complexity index is 511. The van der Waals surface area contributed by atoms with Crippen LogP contribution in [0.25, 0.3) is 0 Å². The Morgan fingerprint density at radius 1 is 1.48 bits per heavy atom. The Labute approximate surface area is 136 Å². The number of ether oxygens (including phenoxy) is 2. The van der Waals surface area contributed by atoms with Crippen LogP contribution >= 0.6 is 0 Å². The molecule has 0 saturated carbocycles. The molecule has 0 aliphatic carbocycles. The molecule has 7 heteroatoms. The van der Waals surface area contributed by atoms with Crippen molar-refractivity contribution in [1.29, 1.82) is 0 Å². The van der Waals surface area contributed by atoms with Gasteiger partial charge in [0.15, 0.2) is 0 Å². The number of rotatable bonds is 5. The van der Waals surface area contributed by atoms with Gasteiger partial charge in [0.1, 0.15) is 12.1 Å². The molecule has 1 aromatic heterocycles. The van der Waals surface area contributed by atoms with Gasteiger partial charge in [-0.25, -0.2) is 10.9 Å². The second kappa shape index (κ2) is 7.83. The lowest BCUT2D eigenvalue weighted by atomic mass is 10.0. The van der Waals surface area contributed by atoms with E-state index in [1.165, 1.54) is 0 Å². The van der Waals surface area contributed by atoms with E-state index in [4.69, 9.17) is 9.47 Å². The summed E-state index contributed by atoms with van der Waals surface area (Å²) in [6.45, 7) is 3.76. The minimum atomic E-state index is -0.271. The van der Waals surface area contributed by atoms with E-state index in [-0.39, 0.29) is 30.1 Å². The van der Waals surface area contributed by atoms with E-state index in [1.807, 2.05) is 25.1 Å². The van der Waals surface area contributed by atoms with Crippen LogP contribution in [0.2, 0.25) is 0 Å². The number of nitrogens with one attached hydrogen (secondary N) is 3. The van der Waals surface area contributed by atoms with E-state index in [2.05, 4.69) is 21.2 Å². The maximum absolute atomic E-state index is 12.5. The third kappa shape index (κ3) is 4.06. The molecule has 1 amide bonds. The number of hydrogen-bond acceptors (Lipinski definition) is 6. The van der Waals surface area contributed by atoms with E-state index < -0.39 is 0 Å². The van der Waals surface area contributed by atoms with Crippen molar-refractivity contribution in [2.45, 2.75) is 44.0 Å². The predicted molar refractivity (Wildman–Crippen MR) is 84.4 cm³/mol. The first-order chi connectivity index (χ1) is 11.3. The van der Waals surface area contributed by atoms with Gasteiger partial charge in [0, 0.05) is 19.4 Å². The van der Waals surface area contributed by atoms with Crippen molar-refractivity contribution in [2.24, 2.45) is 0 Å². The number of carbonyl (C=O) groups is 1. The van der Waals surface area contributed by atoms with Gasteiger partial charge >= 0.3 is 0 Å². The molecule has 2 unspecified atom stereocenters. The highest BCUT2D eigenvalue weighted by Gasteiger charge is 2.34. The fourth-order valence-corrected chi connectivity index (χ4v) is 3.04. The van der Waals surface area contributed by atoms with Crippen molar-refractivity contribution in [3.8, 4) is 0 Å². The average molecular weight is 320 g/mol. The highest BCUT2D eigenvalue weighted by molar-refractivity contribution is 5.82. The maximum atomic E-state index is 12.5. The summed E-state index contributed by atoms with van der Waals surface area (Å²) in [4.78, 5) is 16.8. The number of nitrogens with zero attached hydrogens (tertiary/aromatic N) is 1. The molecule has 2 aliphatic rings. The number of hydrazine groups is 1. The van der Waals surface area contributed by atoms with Gasteiger partial charge in [-0.1, -0.05) is 6.07 Å². The summed E-state index contributed by atoms with van der Waals surface area (Å²) in [5.74, 6) is -0.00691. The van der Waals surface area contributed by atoms with Crippen LogP contribution < -0.4 is 16.2 Å². The molecule has 0 spiro atoms. The van der Waals surface area contributed by atoms with Crippen molar-refractivity contribution in [1.82, 2.24) is 21.2 Å². The average Bonchev–Trinajstić information content (AvgIpc) is 3.08. The van der Waals surface area contributed by atoms with Gasteiger partial charge < -0.3 is 14.8 Å². The quantitative estimate of drug-likeness (QED) is 0.724. The summed E-state index contributed by atoms with van der Waals surface area (Å²) >= 11 is 0. The second-order valence-electron chi connectivity index (χ2n) is 5.86. The first kappa shape index (κ1) is 16.3. The van der Waals surface area contributed by atoms with Gasteiger partial charge in [-0.05, 0) is 31.9 Å². The maximum Gasteiger partial charge on any atom is 0.238 e. The first-order valence-corrected chi connectivity index (χ1v) is 8.19. The highest BCUT2D eigenvalue weighted by Crippen LogP contribution is 2.20. The van der Waals surface area contributed by atoms with Crippen LogP contribution in [-0.4, -0.2) is 48.9 Å². The Morgan fingerprint density at radius 3 is 3.17 bits per heavy atom. The summed E-state index contributed by atoms with van der Waals surface area (Å²) in [6.07, 6.45) is 3.14. The SMILES string of the molecule is CCO[C@@H]1COCC[C@H]1NC(=O)C1CC(c2ccccn2)NN1. The summed E-state index contributed by atoms with van der Waals surface area (Å²) in [7, 11) is 0. The minimum absolute atomic E-state index is 0.00639. The van der Waals surface area contributed by atoms with Gasteiger partial charge in [0.2, 0.25) is 5.91 Å². The smallest absolute Gasteiger partial charge is 0.238 e. The molecular weight excluding hydrogens is 296 g/mol. The molecule has 7 nitrogen and oxygen atoms in total. The van der Waals surface area contributed by atoms with Crippen molar-refractivity contribution in [3.05, 3.63) is 30.1 Å². The number of hydrogen-bond donors (Lipinski definition) is 3. The molecule has 126 valence electrons. The standard InChI is InChI=1S/C16H24N4O3/c1-2-23-15-10-22-8-6-12(15)18-16(21)14-9-13(19-20-14)11-5-3-4-7-17-11/h3-5,7,12-15,19-20H,2,6,8-10H2,1H3,(H,18,21)/t12-,13?,14?,15-/m1/s1. The molecular formula is C16H24N4O3. The molecule has 23 heavy (non-hydrogen) atoms. The summed E-state index contributed by atoms with van der Waals surface area (Å²) in [5, 5.41) is 3.10. The third-order valence-corrected chi connectivity index (χ3v) is 4.28. The monoisotopic (exact) mass is 320 g/mol. The molecule has 4 atom stereocenters. The molecule has 2 saturated heterocycles. The van der Waals surface area contributed by atoms with E-state index in [1.54, 1.807) is 6.20 Å². The zero-order chi connectivity index (χ0) is 16.1. The van der Waals surface area contributed by atoms with Crippen molar-refractivity contribution in [2.75, 3.05) is 19.8 Å². The van der Waals surface area contributed by atoms with Crippen LogP contribution in [0.15, 0.2) is 24.4 Å². The molecule has 2 fully saturated rings. The van der Waals surface area contributed by atoms with E-state index in [0.717, 1.165) is 12.1 Å². The lowest BCUT2D eigenvalue weighted by Crippen LogP contribution is -2.54. The van der Waals surface area contributed by atoms with Gasteiger partial charge in [0.25, 0.3) is 0 Å². The zero-order valence-corrected chi connectivity index (χ0v) is 13.3. The molecule has 2 aliphatic heterocycles. The number of aromatic nitrogens is 1. The molecule has 0 bridgehead atoms. The van der Waals surface area contributed by atoms with E-state index >= 15 is 0 Å². The van der Waals surface area contributed by atoms with Gasteiger partial charge in [-0.2, -0.15) is 0 Å². The zero-order valence-electron chi connectivity index (χ0n) is 13.3. The minimum Gasteiger partial charge on any atom is -0.379 e. The van der Waals surface area contributed by atoms with E-state index in [0.29, 0.717) is 26.2 Å². The molecule has 3 heterocycles. The summed E-state index contributed by atoms with van der Waals surface area (Å²) in [6, 6.07) is 5.58. The van der Waals surface area contributed by atoms with Gasteiger partial charge in [-0.3, -0.25) is 9.78 Å². The molecule has 0 aromatic carbocycles. The summed E-state index contributed by atoms with van der Waals surface area (Å²) in [5.41, 5.74) is 7.15.